The zero-order valence-electron chi connectivity index (χ0n) is 15.3. The molecule has 138 valence electrons. The molecule has 0 aliphatic carbocycles. The molecule has 1 fully saturated rings. The summed E-state index contributed by atoms with van der Waals surface area (Å²) >= 11 is 0. The monoisotopic (exact) mass is 357 g/mol. The molecule has 3 heterocycles. The number of carbonyl (C=O) groups excluding carboxylic acids is 1. The fourth-order valence-corrected chi connectivity index (χ4v) is 3.23. The zero-order valence-corrected chi connectivity index (χ0v) is 15.3. The maximum absolute atomic E-state index is 12.5. The minimum atomic E-state index is -0.484. The second-order valence-corrected chi connectivity index (χ2v) is 6.64. The van der Waals surface area contributed by atoms with Gasteiger partial charge >= 0.3 is 5.69 Å². The standard InChI is InChI=1S/C18H23N5O3/c1-12-8-15(9-13(2)20-12)22-4-6-23(7-5-22)16(24)10-14-11-19-18(26)21(3)17(14)25/h8-9,11H,4-7,10H2,1-3H3,(H,19,26). The first-order valence-corrected chi connectivity index (χ1v) is 8.61. The fourth-order valence-electron chi connectivity index (χ4n) is 3.23. The average molecular weight is 357 g/mol. The normalized spacial score (nSPS) is 14.6. The van der Waals surface area contributed by atoms with Crippen molar-refractivity contribution in [1.82, 2.24) is 19.4 Å². The SMILES string of the molecule is Cc1cc(N2CCN(C(=O)Cc3c[nH]c(=O)n(C)c3=O)CC2)cc(C)n1. The third-order valence-corrected chi connectivity index (χ3v) is 4.66. The summed E-state index contributed by atoms with van der Waals surface area (Å²) in [5.74, 6) is -0.101. The van der Waals surface area contributed by atoms with Crippen LogP contribution in [0.1, 0.15) is 17.0 Å². The number of aromatic nitrogens is 3. The molecule has 8 heteroatoms. The van der Waals surface area contributed by atoms with Gasteiger partial charge < -0.3 is 14.8 Å². The number of nitrogens with one attached hydrogen (secondary N) is 1. The molecule has 0 radical (unpaired) electrons. The van der Waals surface area contributed by atoms with Gasteiger partial charge in [0.1, 0.15) is 0 Å². The number of piperazine rings is 1. The summed E-state index contributed by atoms with van der Waals surface area (Å²) in [4.78, 5) is 46.9. The van der Waals surface area contributed by atoms with E-state index in [1.807, 2.05) is 13.8 Å². The van der Waals surface area contributed by atoms with Crippen LogP contribution in [0.3, 0.4) is 0 Å². The quantitative estimate of drug-likeness (QED) is 0.833. The highest BCUT2D eigenvalue weighted by Gasteiger charge is 2.22. The minimum absolute atomic E-state index is 0.00305. The smallest absolute Gasteiger partial charge is 0.328 e. The molecular weight excluding hydrogens is 334 g/mol. The molecular formula is C18H23N5O3. The summed E-state index contributed by atoms with van der Waals surface area (Å²) < 4.78 is 0.981. The zero-order chi connectivity index (χ0) is 18.8. The Morgan fingerprint density at radius 3 is 2.35 bits per heavy atom. The molecule has 1 saturated heterocycles. The van der Waals surface area contributed by atoms with Gasteiger partial charge in [-0.05, 0) is 26.0 Å². The largest absolute Gasteiger partial charge is 0.368 e. The molecule has 1 aliphatic heterocycles. The van der Waals surface area contributed by atoms with Crippen LogP contribution < -0.4 is 16.1 Å². The van der Waals surface area contributed by atoms with Gasteiger partial charge in [0.15, 0.2) is 0 Å². The molecule has 2 aromatic heterocycles. The molecule has 0 aromatic carbocycles. The van der Waals surface area contributed by atoms with E-state index in [1.54, 1.807) is 4.90 Å². The van der Waals surface area contributed by atoms with E-state index in [4.69, 9.17) is 0 Å². The Labute approximate surface area is 151 Å². The average Bonchev–Trinajstić information content (AvgIpc) is 2.61. The molecule has 0 unspecified atom stereocenters. The fraction of sp³-hybridized carbons (Fsp3) is 0.444. The van der Waals surface area contributed by atoms with E-state index in [0.29, 0.717) is 18.7 Å². The van der Waals surface area contributed by atoms with Gasteiger partial charge in [-0.15, -0.1) is 0 Å². The first kappa shape index (κ1) is 17.9. The van der Waals surface area contributed by atoms with Gasteiger partial charge in [0.05, 0.1) is 6.42 Å². The third-order valence-electron chi connectivity index (χ3n) is 4.66. The summed E-state index contributed by atoms with van der Waals surface area (Å²) in [6.07, 6.45) is 1.33. The summed E-state index contributed by atoms with van der Waals surface area (Å²) in [6.45, 7) is 6.62. The lowest BCUT2D eigenvalue weighted by atomic mass is 10.2. The van der Waals surface area contributed by atoms with E-state index in [9.17, 15) is 14.4 Å². The Balaban J connectivity index is 1.64. The molecule has 3 rings (SSSR count). The second-order valence-electron chi connectivity index (χ2n) is 6.64. The van der Waals surface area contributed by atoms with Crippen molar-refractivity contribution in [1.29, 1.82) is 0 Å². The summed E-state index contributed by atoms with van der Waals surface area (Å²) in [5.41, 5.74) is 2.47. The predicted octanol–water partition coefficient (Wildman–Crippen LogP) is -0.0233. The van der Waals surface area contributed by atoms with Gasteiger partial charge in [0.25, 0.3) is 5.56 Å². The first-order chi connectivity index (χ1) is 12.3. The number of aryl methyl sites for hydroxylation is 2. The molecule has 0 bridgehead atoms. The highest BCUT2D eigenvalue weighted by molar-refractivity contribution is 5.79. The van der Waals surface area contributed by atoms with Crippen LogP contribution in [0.2, 0.25) is 0 Å². The van der Waals surface area contributed by atoms with Crippen molar-refractivity contribution in [2.24, 2.45) is 7.05 Å². The first-order valence-electron chi connectivity index (χ1n) is 8.61. The van der Waals surface area contributed by atoms with Crippen LogP contribution in [0.25, 0.3) is 0 Å². The van der Waals surface area contributed by atoms with E-state index in [2.05, 4.69) is 27.0 Å². The Kier molecular flexibility index (Phi) is 4.92. The van der Waals surface area contributed by atoms with Gasteiger partial charge in [-0.1, -0.05) is 0 Å². The van der Waals surface area contributed by atoms with Gasteiger partial charge in [-0.3, -0.25) is 19.1 Å². The topological polar surface area (TPSA) is 91.3 Å². The van der Waals surface area contributed by atoms with Crippen molar-refractivity contribution in [2.75, 3.05) is 31.1 Å². The Hall–Kier alpha value is -2.90. The molecule has 2 aromatic rings. The van der Waals surface area contributed by atoms with Gasteiger partial charge in [-0.2, -0.15) is 0 Å². The lowest BCUT2D eigenvalue weighted by molar-refractivity contribution is -0.130. The van der Waals surface area contributed by atoms with Crippen molar-refractivity contribution in [3.05, 3.63) is 56.1 Å². The molecule has 0 spiro atoms. The Bertz CT molecular complexity index is 918. The van der Waals surface area contributed by atoms with Crippen LogP contribution in [-0.2, 0) is 18.3 Å². The van der Waals surface area contributed by atoms with Gasteiger partial charge in [-0.25, -0.2) is 4.79 Å². The molecule has 0 atom stereocenters. The number of anilines is 1. The predicted molar refractivity (Wildman–Crippen MR) is 98.5 cm³/mol. The Morgan fingerprint density at radius 1 is 1.12 bits per heavy atom. The van der Waals surface area contributed by atoms with Crippen LogP contribution in [0.4, 0.5) is 5.69 Å². The maximum Gasteiger partial charge on any atom is 0.328 e. The van der Waals surface area contributed by atoms with Crippen LogP contribution in [0.15, 0.2) is 27.9 Å². The van der Waals surface area contributed by atoms with E-state index in [0.717, 1.165) is 34.7 Å². The molecule has 0 saturated carbocycles. The number of nitrogens with zero attached hydrogens (tertiary/aromatic N) is 4. The van der Waals surface area contributed by atoms with E-state index < -0.39 is 11.2 Å². The number of H-pyrrole nitrogens is 1. The van der Waals surface area contributed by atoms with Crippen molar-refractivity contribution < 1.29 is 4.79 Å². The number of hydrogen-bond acceptors (Lipinski definition) is 5. The van der Waals surface area contributed by atoms with Gasteiger partial charge in [0, 0.05) is 62.1 Å². The van der Waals surface area contributed by atoms with Crippen molar-refractivity contribution in [3.63, 3.8) is 0 Å². The number of carbonyl (C=O) groups is 1. The lowest BCUT2D eigenvalue weighted by Crippen LogP contribution is -2.49. The summed E-state index contributed by atoms with van der Waals surface area (Å²) in [7, 11) is 1.40. The minimum Gasteiger partial charge on any atom is -0.368 e. The Morgan fingerprint density at radius 2 is 1.73 bits per heavy atom. The van der Waals surface area contributed by atoms with E-state index in [-0.39, 0.29) is 12.3 Å². The van der Waals surface area contributed by atoms with Crippen LogP contribution >= 0.6 is 0 Å². The summed E-state index contributed by atoms with van der Waals surface area (Å²) in [6, 6.07) is 4.10. The molecule has 26 heavy (non-hydrogen) atoms. The highest BCUT2D eigenvalue weighted by atomic mass is 16.2. The number of pyridine rings is 1. The lowest BCUT2D eigenvalue weighted by Gasteiger charge is -2.36. The van der Waals surface area contributed by atoms with Crippen molar-refractivity contribution in [3.8, 4) is 0 Å². The number of rotatable bonds is 3. The molecule has 8 nitrogen and oxygen atoms in total. The second kappa shape index (κ2) is 7.15. The highest BCUT2D eigenvalue weighted by Crippen LogP contribution is 2.18. The number of amides is 1. The van der Waals surface area contributed by atoms with Crippen molar-refractivity contribution >= 4 is 11.6 Å². The maximum atomic E-state index is 12.5. The number of aromatic amines is 1. The van der Waals surface area contributed by atoms with Crippen LogP contribution in [0, 0.1) is 13.8 Å². The summed E-state index contributed by atoms with van der Waals surface area (Å²) in [5, 5.41) is 0. The van der Waals surface area contributed by atoms with E-state index in [1.165, 1.54) is 13.2 Å². The molecule has 1 N–H and O–H groups in total. The van der Waals surface area contributed by atoms with Crippen LogP contribution in [-0.4, -0.2) is 51.5 Å². The van der Waals surface area contributed by atoms with Gasteiger partial charge in [0.2, 0.25) is 5.91 Å². The number of hydrogen-bond donors (Lipinski definition) is 1. The molecule has 1 aliphatic rings. The van der Waals surface area contributed by atoms with Crippen LogP contribution in [0.5, 0.6) is 0 Å². The van der Waals surface area contributed by atoms with Crippen molar-refractivity contribution in [2.45, 2.75) is 20.3 Å². The van der Waals surface area contributed by atoms with E-state index >= 15 is 0 Å². The molecule has 1 amide bonds. The third kappa shape index (κ3) is 3.68.